The molecule has 2 aromatic carbocycles. The van der Waals surface area contributed by atoms with Gasteiger partial charge in [0.05, 0.1) is 12.8 Å². The van der Waals surface area contributed by atoms with E-state index in [1.54, 1.807) is 31.6 Å². The highest BCUT2D eigenvalue weighted by Crippen LogP contribution is 2.24. The van der Waals surface area contributed by atoms with Crippen LogP contribution in [0.25, 0.3) is 11.3 Å². The molecule has 0 radical (unpaired) electrons. The Morgan fingerprint density at radius 2 is 1.83 bits per heavy atom. The van der Waals surface area contributed by atoms with Crippen LogP contribution in [0.4, 0.5) is 5.82 Å². The summed E-state index contributed by atoms with van der Waals surface area (Å²) in [4.78, 5) is 17.2. The van der Waals surface area contributed by atoms with Gasteiger partial charge in [0, 0.05) is 41.7 Å². The fourth-order valence-corrected chi connectivity index (χ4v) is 3.05. The largest absolute Gasteiger partial charge is 0.496 e. The smallest absolute Gasteiger partial charge is 0.280 e. The van der Waals surface area contributed by atoms with Crippen LogP contribution in [0.1, 0.15) is 15.9 Å². The molecule has 0 saturated heterocycles. The first-order valence-corrected chi connectivity index (χ1v) is 9.22. The normalized spacial score (nSPS) is 10.5. The van der Waals surface area contributed by atoms with Crippen molar-refractivity contribution < 1.29 is 9.53 Å². The number of hydrogen-bond donors (Lipinski definition) is 1. The fraction of sp³-hybridized carbons (Fsp3) is 0.0870. The summed E-state index contributed by atoms with van der Waals surface area (Å²) in [5, 5.41) is 7.87. The number of benzene rings is 2. The van der Waals surface area contributed by atoms with Crippen LogP contribution in [-0.2, 0) is 6.54 Å². The Labute approximate surface area is 168 Å². The van der Waals surface area contributed by atoms with Crippen molar-refractivity contribution in [3.8, 4) is 17.0 Å². The van der Waals surface area contributed by atoms with Crippen molar-refractivity contribution in [3.63, 3.8) is 0 Å². The van der Waals surface area contributed by atoms with Crippen molar-refractivity contribution in [3.05, 3.63) is 96.3 Å². The molecule has 144 valence electrons. The predicted octanol–water partition coefficient (Wildman–Crippen LogP) is 4.25. The lowest BCUT2D eigenvalue weighted by atomic mass is 10.2. The maximum atomic E-state index is 13.1. The van der Waals surface area contributed by atoms with Crippen molar-refractivity contribution in [1.29, 1.82) is 0 Å². The maximum absolute atomic E-state index is 13.1. The van der Waals surface area contributed by atoms with Crippen LogP contribution in [0.3, 0.4) is 0 Å². The first-order valence-electron chi connectivity index (χ1n) is 9.22. The predicted molar refractivity (Wildman–Crippen MR) is 112 cm³/mol. The van der Waals surface area contributed by atoms with Gasteiger partial charge in [0.2, 0.25) is 0 Å². The Kier molecular flexibility index (Phi) is 5.33. The highest BCUT2D eigenvalue weighted by molar-refractivity contribution is 5.97. The second-order valence-electron chi connectivity index (χ2n) is 6.40. The average molecular weight is 384 g/mol. The van der Waals surface area contributed by atoms with Gasteiger partial charge >= 0.3 is 0 Å². The first kappa shape index (κ1) is 18.4. The van der Waals surface area contributed by atoms with Gasteiger partial charge in [-0.15, -0.1) is 0 Å². The number of para-hydroxylation sites is 1. The summed E-state index contributed by atoms with van der Waals surface area (Å²) in [5.41, 5.74) is 3.06. The molecule has 0 bridgehead atoms. The monoisotopic (exact) mass is 384 g/mol. The molecule has 0 saturated carbocycles. The van der Waals surface area contributed by atoms with Crippen molar-refractivity contribution >= 4 is 11.7 Å². The number of pyridine rings is 1. The van der Waals surface area contributed by atoms with Gasteiger partial charge in [-0.25, -0.2) is 0 Å². The van der Waals surface area contributed by atoms with E-state index in [9.17, 15) is 4.79 Å². The van der Waals surface area contributed by atoms with Gasteiger partial charge in [0.1, 0.15) is 11.6 Å². The molecule has 29 heavy (non-hydrogen) atoms. The fourth-order valence-electron chi connectivity index (χ4n) is 3.05. The highest BCUT2D eigenvalue weighted by atomic mass is 16.5. The summed E-state index contributed by atoms with van der Waals surface area (Å²) < 4.78 is 6.81. The Morgan fingerprint density at radius 3 is 2.59 bits per heavy atom. The maximum Gasteiger partial charge on any atom is 0.280 e. The average Bonchev–Trinajstić information content (AvgIpc) is 3.23. The number of rotatable bonds is 6. The molecular formula is C23H20N4O2. The quantitative estimate of drug-likeness (QED) is 0.538. The van der Waals surface area contributed by atoms with Gasteiger partial charge < -0.3 is 10.1 Å². The Morgan fingerprint density at radius 1 is 1.03 bits per heavy atom. The summed E-state index contributed by atoms with van der Waals surface area (Å²) >= 11 is 0. The molecule has 6 nitrogen and oxygen atoms in total. The molecule has 1 N–H and O–H groups in total. The van der Waals surface area contributed by atoms with Gasteiger partial charge in [0.25, 0.3) is 5.91 Å². The lowest BCUT2D eigenvalue weighted by molar-refractivity contribution is 0.0948. The van der Waals surface area contributed by atoms with E-state index < -0.39 is 0 Å². The number of anilines is 1. The molecule has 0 atom stereocenters. The van der Waals surface area contributed by atoms with Crippen LogP contribution in [0, 0.1) is 0 Å². The molecule has 2 aromatic heterocycles. The second-order valence-corrected chi connectivity index (χ2v) is 6.40. The van der Waals surface area contributed by atoms with E-state index in [1.165, 1.54) is 4.68 Å². The minimum atomic E-state index is -0.205. The number of aromatic nitrogens is 3. The second kappa shape index (κ2) is 8.39. The zero-order valence-electron chi connectivity index (χ0n) is 15.9. The van der Waals surface area contributed by atoms with E-state index in [0.29, 0.717) is 23.6 Å². The standard InChI is InChI=1S/C23H20N4O2/c1-29-21-12-6-5-10-19(21)16-25-22-14-20(18-11-7-13-24-15-18)26-27(22)23(28)17-8-3-2-4-9-17/h2-15,25H,16H2,1H3. The minimum absolute atomic E-state index is 0.205. The van der Waals surface area contributed by atoms with E-state index in [1.807, 2.05) is 60.7 Å². The summed E-state index contributed by atoms with van der Waals surface area (Å²) in [5.74, 6) is 1.18. The van der Waals surface area contributed by atoms with E-state index in [2.05, 4.69) is 15.4 Å². The Bertz CT molecular complexity index is 1110. The van der Waals surface area contributed by atoms with Crippen LogP contribution in [0.5, 0.6) is 5.75 Å². The molecule has 0 spiro atoms. The number of ether oxygens (including phenoxy) is 1. The van der Waals surface area contributed by atoms with Crippen LogP contribution < -0.4 is 10.1 Å². The SMILES string of the molecule is COc1ccccc1CNc1cc(-c2cccnc2)nn1C(=O)c1ccccc1. The third-order valence-corrected chi connectivity index (χ3v) is 4.53. The van der Waals surface area contributed by atoms with Crippen LogP contribution in [-0.4, -0.2) is 27.8 Å². The van der Waals surface area contributed by atoms with Crippen molar-refractivity contribution in [1.82, 2.24) is 14.8 Å². The van der Waals surface area contributed by atoms with Gasteiger partial charge in [0.15, 0.2) is 0 Å². The number of methoxy groups -OCH3 is 1. The number of carbonyl (C=O) groups excluding carboxylic acids is 1. The van der Waals surface area contributed by atoms with E-state index in [-0.39, 0.29) is 5.91 Å². The van der Waals surface area contributed by atoms with Gasteiger partial charge in [-0.3, -0.25) is 9.78 Å². The first-order chi connectivity index (χ1) is 14.3. The number of carbonyl (C=O) groups is 1. The summed E-state index contributed by atoms with van der Waals surface area (Å²) in [7, 11) is 1.64. The summed E-state index contributed by atoms with van der Waals surface area (Å²) in [6, 6.07) is 22.5. The third-order valence-electron chi connectivity index (χ3n) is 4.53. The van der Waals surface area contributed by atoms with Crippen LogP contribution in [0.15, 0.2) is 85.2 Å². The molecule has 0 unspecified atom stereocenters. The molecular weight excluding hydrogens is 364 g/mol. The Hall–Kier alpha value is -3.93. The molecule has 0 amide bonds. The molecule has 0 fully saturated rings. The molecule has 2 heterocycles. The molecule has 4 aromatic rings. The molecule has 6 heteroatoms. The Balaban J connectivity index is 1.69. The van der Waals surface area contributed by atoms with E-state index in [4.69, 9.17) is 4.74 Å². The number of nitrogens with zero attached hydrogens (tertiary/aromatic N) is 3. The number of nitrogens with one attached hydrogen (secondary N) is 1. The van der Waals surface area contributed by atoms with E-state index in [0.717, 1.165) is 16.9 Å². The van der Waals surface area contributed by atoms with Gasteiger partial charge in [-0.1, -0.05) is 36.4 Å². The molecule has 0 aliphatic rings. The molecule has 4 rings (SSSR count). The van der Waals surface area contributed by atoms with Crippen molar-refractivity contribution in [2.24, 2.45) is 0 Å². The molecule has 0 aliphatic carbocycles. The summed E-state index contributed by atoms with van der Waals surface area (Å²) in [6.07, 6.45) is 3.43. The zero-order valence-corrected chi connectivity index (χ0v) is 15.9. The molecule has 0 aliphatic heterocycles. The third kappa shape index (κ3) is 4.01. The number of hydrogen-bond acceptors (Lipinski definition) is 5. The zero-order chi connectivity index (χ0) is 20.1. The minimum Gasteiger partial charge on any atom is -0.496 e. The highest BCUT2D eigenvalue weighted by Gasteiger charge is 2.17. The topological polar surface area (TPSA) is 69.0 Å². The van der Waals surface area contributed by atoms with Crippen molar-refractivity contribution in [2.45, 2.75) is 6.54 Å². The van der Waals surface area contributed by atoms with Crippen molar-refractivity contribution in [2.75, 3.05) is 12.4 Å². The van der Waals surface area contributed by atoms with Crippen LogP contribution in [0.2, 0.25) is 0 Å². The lowest BCUT2D eigenvalue weighted by Crippen LogP contribution is -2.17. The summed E-state index contributed by atoms with van der Waals surface area (Å²) in [6.45, 7) is 0.490. The van der Waals surface area contributed by atoms with Crippen LogP contribution >= 0.6 is 0 Å². The van der Waals surface area contributed by atoms with E-state index >= 15 is 0 Å². The van der Waals surface area contributed by atoms with Gasteiger partial charge in [-0.2, -0.15) is 9.78 Å². The van der Waals surface area contributed by atoms with Gasteiger partial charge in [-0.05, 0) is 30.3 Å². The lowest BCUT2D eigenvalue weighted by Gasteiger charge is -2.11.